The quantitative estimate of drug-likeness (QED) is 0.918. The molecule has 0 radical (unpaired) electrons. The molecule has 0 atom stereocenters. The van der Waals surface area contributed by atoms with Crippen LogP contribution in [0, 0.1) is 5.82 Å². The number of ether oxygens (including phenoxy) is 1. The predicted octanol–water partition coefficient (Wildman–Crippen LogP) is 3.98. The van der Waals surface area contributed by atoms with Crippen LogP contribution >= 0.6 is 15.9 Å². The van der Waals surface area contributed by atoms with Gasteiger partial charge >= 0.3 is 0 Å². The molecule has 1 N–H and O–H groups in total. The highest BCUT2D eigenvalue weighted by molar-refractivity contribution is 9.10. The normalized spacial score (nSPS) is 10.5. The van der Waals surface area contributed by atoms with E-state index in [4.69, 9.17) is 4.74 Å². The van der Waals surface area contributed by atoms with E-state index < -0.39 is 0 Å². The predicted molar refractivity (Wildman–Crippen MR) is 78.9 cm³/mol. The molecule has 100 valence electrons. The summed E-state index contributed by atoms with van der Waals surface area (Å²) in [5, 5.41) is 3.08. The van der Waals surface area contributed by atoms with Crippen molar-refractivity contribution in [3.8, 4) is 16.9 Å². The summed E-state index contributed by atoms with van der Waals surface area (Å²) in [5.74, 6) is 0.552. The number of rotatable bonds is 4. The Kier molecular flexibility index (Phi) is 4.56. The monoisotopic (exact) mass is 323 g/mol. The Labute approximate surface area is 120 Å². The van der Waals surface area contributed by atoms with Gasteiger partial charge < -0.3 is 10.1 Å². The summed E-state index contributed by atoms with van der Waals surface area (Å²) in [6, 6.07) is 11.0. The summed E-state index contributed by atoms with van der Waals surface area (Å²) in [4.78, 5) is 0. The van der Waals surface area contributed by atoms with Gasteiger partial charge in [-0.3, -0.25) is 0 Å². The number of hydrogen-bond acceptors (Lipinski definition) is 2. The molecule has 0 spiro atoms. The lowest BCUT2D eigenvalue weighted by Crippen LogP contribution is -2.06. The molecule has 0 aliphatic carbocycles. The Bertz CT molecular complexity index is 586. The molecule has 0 saturated carbocycles. The van der Waals surface area contributed by atoms with E-state index in [2.05, 4.69) is 21.2 Å². The minimum Gasteiger partial charge on any atom is -0.496 e. The SMILES string of the molecule is CNCc1cc(-c2cccc(Br)c2F)ccc1OC. The summed E-state index contributed by atoms with van der Waals surface area (Å²) in [5.41, 5.74) is 2.42. The van der Waals surface area contributed by atoms with Gasteiger partial charge in [0.15, 0.2) is 0 Å². The van der Waals surface area contributed by atoms with Crippen LogP contribution in [0.4, 0.5) is 4.39 Å². The molecule has 19 heavy (non-hydrogen) atoms. The molecular formula is C15H15BrFNO. The average molecular weight is 324 g/mol. The van der Waals surface area contributed by atoms with Gasteiger partial charge in [-0.15, -0.1) is 0 Å². The first-order valence-corrected chi connectivity index (χ1v) is 6.72. The molecule has 0 aliphatic rings. The minimum absolute atomic E-state index is 0.247. The third-order valence-corrected chi connectivity index (χ3v) is 3.52. The maximum atomic E-state index is 14.1. The van der Waals surface area contributed by atoms with Gasteiger partial charge in [0.1, 0.15) is 11.6 Å². The molecule has 0 saturated heterocycles. The van der Waals surface area contributed by atoms with E-state index in [1.165, 1.54) is 0 Å². The van der Waals surface area contributed by atoms with E-state index in [1.54, 1.807) is 19.2 Å². The Morgan fingerprint density at radius 1 is 1.26 bits per heavy atom. The highest BCUT2D eigenvalue weighted by Gasteiger charge is 2.10. The van der Waals surface area contributed by atoms with Gasteiger partial charge in [-0.1, -0.05) is 18.2 Å². The lowest BCUT2D eigenvalue weighted by Gasteiger charge is -2.11. The molecule has 2 nitrogen and oxygen atoms in total. The van der Waals surface area contributed by atoms with Crippen LogP contribution in [0.15, 0.2) is 40.9 Å². The third-order valence-electron chi connectivity index (χ3n) is 2.91. The number of benzene rings is 2. The molecule has 0 fully saturated rings. The van der Waals surface area contributed by atoms with Crippen molar-refractivity contribution in [2.45, 2.75) is 6.54 Å². The van der Waals surface area contributed by atoms with E-state index in [1.807, 2.05) is 31.3 Å². The molecule has 2 rings (SSSR count). The Hall–Kier alpha value is -1.39. The maximum absolute atomic E-state index is 14.1. The molecule has 2 aromatic carbocycles. The fraction of sp³-hybridized carbons (Fsp3) is 0.200. The molecule has 0 heterocycles. The molecule has 0 unspecified atom stereocenters. The highest BCUT2D eigenvalue weighted by Crippen LogP contribution is 2.31. The van der Waals surface area contributed by atoms with Crippen LogP contribution in [0.1, 0.15) is 5.56 Å². The molecular weight excluding hydrogens is 309 g/mol. The van der Waals surface area contributed by atoms with Gasteiger partial charge in [0.25, 0.3) is 0 Å². The van der Waals surface area contributed by atoms with Gasteiger partial charge in [-0.25, -0.2) is 4.39 Å². The van der Waals surface area contributed by atoms with Crippen molar-refractivity contribution in [1.29, 1.82) is 0 Å². The van der Waals surface area contributed by atoms with E-state index in [0.29, 0.717) is 16.6 Å². The van der Waals surface area contributed by atoms with Crippen LogP contribution in [-0.2, 0) is 6.54 Å². The lowest BCUT2D eigenvalue weighted by molar-refractivity contribution is 0.408. The first-order chi connectivity index (χ1) is 9.17. The smallest absolute Gasteiger partial charge is 0.145 e. The molecule has 0 bridgehead atoms. The molecule has 0 aliphatic heterocycles. The second kappa shape index (κ2) is 6.17. The van der Waals surface area contributed by atoms with Gasteiger partial charge in [-0.05, 0) is 46.7 Å². The number of nitrogens with one attached hydrogen (secondary N) is 1. The van der Waals surface area contributed by atoms with Gasteiger partial charge in [0.2, 0.25) is 0 Å². The summed E-state index contributed by atoms with van der Waals surface area (Å²) in [6.45, 7) is 0.673. The van der Waals surface area contributed by atoms with Gasteiger partial charge in [0, 0.05) is 17.7 Å². The van der Waals surface area contributed by atoms with E-state index in [9.17, 15) is 4.39 Å². The summed E-state index contributed by atoms with van der Waals surface area (Å²) >= 11 is 3.21. The van der Waals surface area contributed by atoms with Crippen molar-refractivity contribution in [2.75, 3.05) is 14.2 Å². The number of hydrogen-bond donors (Lipinski definition) is 1. The van der Waals surface area contributed by atoms with Crippen LogP contribution < -0.4 is 10.1 Å². The van der Waals surface area contributed by atoms with Crippen LogP contribution in [-0.4, -0.2) is 14.2 Å². The maximum Gasteiger partial charge on any atom is 0.145 e. The van der Waals surface area contributed by atoms with Crippen LogP contribution in [0.3, 0.4) is 0 Å². The summed E-state index contributed by atoms with van der Waals surface area (Å²) in [6.07, 6.45) is 0. The van der Waals surface area contributed by atoms with Crippen LogP contribution in [0.25, 0.3) is 11.1 Å². The zero-order valence-corrected chi connectivity index (χ0v) is 12.4. The summed E-state index contributed by atoms with van der Waals surface area (Å²) in [7, 11) is 3.50. The fourth-order valence-electron chi connectivity index (χ4n) is 2.00. The molecule has 0 amide bonds. The van der Waals surface area contributed by atoms with Crippen molar-refractivity contribution in [3.05, 3.63) is 52.3 Å². The Balaban J connectivity index is 2.51. The number of halogens is 2. The van der Waals surface area contributed by atoms with Gasteiger partial charge in [-0.2, -0.15) is 0 Å². The summed E-state index contributed by atoms with van der Waals surface area (Å²) < 4.78 is 19.9. The zero-order chi connectivity index (χ0) is 13.8. The van der Waals surface area contributed by atoms with Crippen LogP contribution in [0.2, 0.25) is 0 Å². The lowest BCUT2D eigenvalue weighted by atomic mass is 10.0. The van der Waals surface area contributed by atoms with Crippen LogP contribution in [0.5, 0.6) is 5.75 Å². The van der Waals surface area contributed by atoms with Crippen molar-refractivity contribution < 1.29 is 9.13 Å². The van der Waals surface area contributed by atoms with Crippen molar-refractivity contribution in [1.82, 2.24) is 5.32 Å². The molecule has 0 aromatic heterocycles. The van der Waals surface area contributed by atoms with Crippen molar-refractivity contribution in [3.63, 3.8) is 0 Å². The zero-order valence-electron chi connectivity index (χ0n) is 10.8. The fourth-order valence-corrected chi connectivity index (χ4v) is 2.37. The first kappa shape index (κ1) is 14.0. The second-order valence-electron chi connectivity index (χ2n) is 4.16. The highest BCUT2D eigenvalue weighted by atomic mass is 79.9. The number of methoxy groups -OCH3 is 1. The Morgan fingerprint density at radius 3 is 2.74 bits per heavy atom. The molecule has 2 aromatic rings. The third kappa shape index (κ3) is 2.96. The second-order valence-corrected chi connectivity index (χ2v) is 5.01. The van der Waals surface area contributed by atoms with Gasteiger partial charge in [0.05, 0.1) is 11.6 Å². The minimum atomic E-state index is -0.247. The van der Waals surface area contributed by atoms with Crippen molar-refractivity contribution in [2.24, 2.45) is 0 Å². The van der Waals surface area contributed by atoms with Crippen molar-refractivity contribution >= 4 is 15.9 Å². The van der Waals surface area contributed by atoms with E-state index in [-0.39, 0.29) is 5.82 Å². The Morgan fingerprint density at radius 2 is 2.05 bits per heavy atom. The van der Waals surface area contributed by atoms with E-state index >= 15 is 0 Å². The first-order valence-electron chi connectivity index (χ1n) is 5.93. The molecule has 4 heteroatoms. The largest absolute Gasteiger partial charge is 0.496 e. The standard InChI is InChI=1S/C15H15BrFNO/c1-18-9-11-8-10(6-7-14(11)19-2)12-4-3-5-13(16)15(12)17/h3-8,18H,9H2,1-2H3. The average Bonchev–Trinajstić information content (AvgIpc) is 2.42. The van der Waals surface area contributed by atoms with E-state index in [0.717, 1.165) is 16.9 Å². The topological polar surface area (TPSA) is 21.3 Å².